The van der Waals surface area contributed by atoms with Gasteiger partial charge in [0, 0.05) is 19.3 Å². The average Bonchev–Trinajstić information content (AvgIpc) is 3.43. The molecule has 434 valence electrons. The third-order valence-corrected chi connectivity index (χ3v) is 12.8. The second kappa shape index (κ2) is 63.8. The number of carbonyl (C=O) groups excluding carboxylic acids is 3. The van der Waals surface area contributed by atoms with Crippen LogP contribution >= 0.6 is 0 Å². The number of hydrogen-bond acceptors (Lipinski definition) is 6. The maximum atomic E-state index is 12.9. The molecular formula is C71H114O6. The van der Waals surface area contributed by atoms with Crippen LogP contribution in [0.1, 0.15) is 265 Å². The maximum absolute atomic E-state index is 12.9. The smallest absolute Gasteiger partial charge is 0.306 e. The minimum Gasteiger partial charge on any atom is -0.462 e. The summed E-state index contributed by atoms with van der Waals surface area (Å²) in [6, 6.07) is 0. The highest BCUT2D eigenvalue weighted by molar-refractivity contribution is 5.71. The minimum atomic E-state index is -0.832. The van der Waals surface area contributed by atoms with Gasteiger partial charge in [-0.05, 0) is 128 Å². The monoisotopic (exact) mass is 1060 g/mol. The van der Waals surface area contributed by atoms with Crippen molar-refractivity contribution in [1.82, 2.24) is 0 Å². The standard InChI is InChI=1S/C71H114O6/c1-4-7-10-13-16-19-22-25-28-30-32-33-34-35-36-37-39-40-43-46-49-52-55-58-61-64-70(73)76-67-68(66-75-69(72)63-60-57-54-51-48-45-42-27-24-21-18-15-12-9-6-3)77-71(74)65-62-59-56-53-50-47-44-41-38-31-29-26-23-20-17-14-11-8-5-2/h7-8,10-11,16-17,19-20,25-29,32-33,35-36,38,41-42,47,50,56,59,68H,4-6,9,12-15,18,21-24,30-31,34,37,39-40,43-46,48-49,51-55,57-58,60-67H2,1-3H3/b10-7-,11-8-,19-16-,20-17-,28-25-,29-26-,33-32-,36-35-,41-38-,42-27-,50-47-,59-56-. The van der Waals surface area contributed by atoms with E-state index in [9.17, 15) is 14.4 Å². The Kier molecular flexibility index (Phi) is 59.9. The van der Waals surface area contributed by atoms with E-state index in [1.807, 2.05) is 6.08 Å². The quantitative estimate of drug-likeness (QED) is 0.0261. The van der Waals surface area contributed by atoms with Crippen LogP contribution in [-0.2, 0) is 28.6 Å². The SMILES string of the molecule is CC/C=C\C/C=C\C/C=C\C/C=C\C/C=C\C/C=C\CCC(=O)OC(COC(=O)CCCCCCC/C=C\CCCCCCCC)COC(=O)CCCCCCCCCCC/C=C\C/C=C\C/C=C\C/C=C\C/C=C\CC. The molecule has 1 unspecified atom stereocenters. The van der Waals surface area contributed by atoms with E-state index in [1.165, 1.54) is 89.9 Å². The van der Waals surface area contributed by atoms with Crippen molar-refractivity contribution in [2.45, 2.75) is 271 Å². The number of ether oxygens (including phenoxy) is 3. The fourth-order valence-corrected chi connectivity index (χ4v) is 8.20. The fraction of sp³-hybridized carbons (Fsp3) is 0.620. The summed E-state index contributed by atoms with van der Waals surface area (Å²) in [5.74, 6) is -1.02. The summed E-state index contributed by atoms with van der Waals surface area (Å²) in [4.78, 5) is 38.3. The highest BCUT2D eigenvalue weighted by Crippen LogP contribution is 2.14. The molecule has 0 saturated carbocycles. The Morgan fingerprint density at radius 2 is 0.532 bits per heavy atom. The number of allylic oxidation sites excluding steroid dienone is 24. The second-order valence-electron chi connectivity index (χ2n) is 20.2. The number of carbonyl (C=O) groups is 3. The summed E-state index contributed by atoms with van der Waals surface area (Å²) >= 11 is 0. The van der Waals surface area contributed by atoms with Gasteiger partial charge in [-0.1, -0.05) is 263 Å². The zero-order chi connectivity index (χ0) is 55.7. The van der Waals surface area contributed by atoms with Crippen molar-refractivity contribution in [2.75, 3.05) is 13.2 Å². The van der Waals surface area contributed by atoms with Crippen molar-refractivity contribution in [2.24, 2.45) is 0 Å². The van der Waals surface area contributed by atoms with E-state index < -0.39 is 12.1 Å². The number of esters is 3. The van der Waals surface area contributed by atoms with Crippen molar-refractivity contribution in [3.05, 3.63) is 146 Å². The molecule has 0 heterocycles. The molecule has 0 radical (unpaired) electrons. The van der Waals surface area contributed by atoms with Crippen LogP contribution in [0.5, 0.6) is 0 Å². The van der Waals surface area contributed by atoms with Crippen LogP contribution in [0.2, 0.25) is 0 Å². The second-order valence-corrected chi connectivity index (χ2v) is 20.2. The van der Waals surface area contributed by atoms with Crippen molar-refractivity contribution in [3.8, 4) is 0 Å². The van der Waals surface area contributed by atoms with Gasteiger partial charge in [-0.2, -0.15) is 0 Å². The predicted molar refractivity (Wildman–Crippen MR) is 334 cm³/mol. The number of hydrogen-bond donors (Lipinski definition) is 0. The third kappa shape index (κ3) is 62.0. The molecular weight excluding hydrogens is 949 g/mol. The number of rotatable bonds is 55. The molecule has 0 bridgehead atoms. The van der Waals surface area contributed by atoms with Gasteiger partial charge in [0.05, 0.1) is 0 Å². The first-order valence-electron chi connectivity index (χ1n) is 31.3. The van der Waals surface area contributed by atoms with Crippen LogP contribution in [0, 0.1) is 0 Å². The Morgan fingerprint density at radius 3 is 0.857 bits per heavy atom. The molecule has 0 fully saturated rings. The Balaban J connectivity index is 4.49. The van der Waals surface area contributed by atoms with E-state index in [4.69, 9.17) is 14.2 Å². The van der Waals surface area contributed by atoms with Gasteiger partial charge < -0.3 is 14.2 Å². The topological polar surface area (TPSA) is 78.9 Å². The molecule has 0 aromatic rings. The zero-order valence-corrected chi connectivity index (χ0v) is 49.7. The van der Waals surface area contributed by atoms with Crippen molar-refractivity contribution in [3.63, 3.8) is 0 Å². The van der Waals surface area contributed by atoms with Crippen molar-refractivity contribution >= 4 is 17.9 Å². The summed E-state index contributed by atoms with van der Waals surface area (Å²) in [7, 11) is 0. The summed E-state index contributed by atoms with van der Waals surface area (Å²) in [6.07, 6.45) is 91.4. The van der Waals surface area contributed by atoms with Crippen molar-refractivity contribution < 1.29 is 28.6 Å². The summed E-state index contributed by atoms with van der Waals surface area (Å²) in [6.45, 7) is 6.33. The lowest BCUT2D eigenvalue weighted by molar-refractivity contribution is -0.166. The zero-order valence-electron chi connectivity index (χ0n) is 49.7. The van der Waals surface area contributed by atoms with Gasteiger partial charge >= 0.3 is 17.9 Å². The highest BCUT2D eigenvalue weighted by atomic mass is 16.6. The Morgan fingerprint density at radius 1 is 0.273 bits per heavy atom. The Hall–Kier alpha value is -4.71. The van der Waals surface area contributed by atoms with Crippen molar-refractivity contribution in [1.29, 1.82) is 0 Å². The molecule has 0 spiro atoms. The highest BCUT2D eigenvalue weighted by Gasteiger charge is 2.19. The van der Waals surface area contributed by atoms with Gasteiger partial charge in [0.2, 0.25) is 0 Å². The van der Waals surface area contributed by atoms with Gasteiger partial charge in [0.15, 0.2) is 6.10 Å². The molecule has 6 nitrogen and oxygen atoms in total. The van der Waals surface area contributed by atoms with Crippen LogP contribution in [0.4, 0.5) is 0 Å². The van der Waals surface area contributed by atoms with Crippen LogP contribution < -0.4 is 0 Å². The largest absolute Gasteiger partial charge is 0.462 e. The van der Waals surface area contributed by atoms with Gasteiger partial charge in [0.1, 0.15) is 13.2 Å². The molecule has 0 aliphatic heterocycles. The van der Waals surface area contributed by atoms with Gasteiger partial charge in [-0.15, -0.1) is 0 Å². The normalized spacial score (nSPS) is 13.1. The average molecular weight is 1060 g/mol. The van der Waals surface area contributed by atoms with Crippen LogP contribution in [0.15, 0.2) is 146 Å². The van der Waals surface area contributed by atoms with E-state index in [1.54, 1.807) is 0 Å². The fourth-order valence-electron chi connectivity index (χ4n) is 8.20. The van der Waals surface area contributed by atoms with E-state index in [2.05, 4.69) is 161 Å². The lowest BCUT2D eigenvalue weighted by atomic mass is 10.1. The molecule has 1 atom stereocenters. The molecule has 0 amide bonds. The van der Waals surface area contributed by atoms with E-state index in [0.717, 1.165) is 128 Å². The van der Waals surface area contributed by atoms with Gasteiger partial charge in [-0.25, -0.2) is 0 Å². The predicted octanol–water partition coefficient (Wildman–Crippen LogP) is 21.5. The summed E-state index contributed by atoms with van der Waals surface area (Å²) in [5.41, 5.74) is 0. The van der Waals surface area contributed by atoms with Crippen LogP contribution in [0.3, 0.4) is 0 Å². The third-order valence-electron chi connectivity index (χ3n) is 12.8. The Bertz CT molecular complexity index is 1700. The first kappa shape index (κ1) is 72.3. The van der Waals surface area contributed by atoms with Gasteiger partial charge in [-0.3, -0.25) is 14.4 Å². The molecule has 0 aliphatic carbocycles. The van der Waals surface area contributed by atoms with E-state index >= 15 is 0 Å². The lowest BCUT2D eigenvalue weighted by Crippen LogP contribution is -2.30. The number of unbranched alkanes of at least 4 members (excludes halogenated alkanes) is 20. The molecule has 0 N–H and O–H groups in total. The first-order chi connectivity index (χ1) is 38.0. The molecule has 0 rings (SSSR count). The molecule has 0 saturated heterocycles. The van der Waals surface area contributed by atoms with Gasteiger partial charge in [0.25, 0.3) is 0 Å². The molecule has 77 heavy (non-hydrogen) atoms. The molecule has 0 aliphatic rings. The molecule has 6 heteroatoms. The molecule has 0 aromatic carbocycles. The van der Waals surface area contributed by atoms with Crippen LogP contribution in [0.25, 0.3) is 0 Å². The van der Waals surface area contributed by atoms with E-state index in [0.29, 0.717) is 19.3 Å². The summed E-state index contributed by atoms with van der Waals surface area (Å²) in [5, 5.41) is 0. The summed E-state index contributed by atoms with van der Waals surface area (Å²) < 4.78 is 16.8. The first-order valence-corrected chi connectivity index (χ1v) is 31.3. The molecule has 0 aromatic heterocycles. The Labute approximate surface area is 474 Å². The lowest BCUT2D eigenvalue weighted by Gasteiger charge is -2.18. The van der Waals surface area contributed by atoms with Crippen LogP contribution in [-0.4, -0.2) is 37.2 Å². The minimum absolute atomic E-state index is 0.119. The maximum Gasteiger partial charge on any atom is 0.306 e. The van der Waals surface area contributed by atoms with E-state index in [-0.39, 0.29) is 31.6 Å².